The Hall–Kier alpha value is -6.00. The summed E-state index contributed by atoms with van der Waals surface area (Å²) in [6.45, 7) is 0. The van der Waals surface area contributed by atoms with Gasteiger partial charge in [-0.1, -0.05) is 140 Å². The molecule has 1 aliphatic heterocycles. The Labute approximate surface area is 308 Å². The molecular weight excluding hydrogens is 669 g/mol. The lowest BCUT2D eigenvalue weighted by molar-refractivity contribution is 0.436. The minimum Gasteiger partial charge on any atom is -0.457 e. The maximum Gasteiger partial charge on any atom is 0.132 e. The standard InChI is InChI=1S/C49H28OS2/c1-4-15-39-33(10-1)34-11-2-5-16-40(34)49(39)41-17-6-7-18-43(41)50-44-26-29(22-25-42(44)49)30-20-23-36-37-24-21-31(28-47(37)51-46(36)27-30)32-13-9-14-38-35-12-3-8-19-45(35)52-48(32)38/h1-28H. The summed E-state index contributed by atoms with van der Waals surface area (Å²) in [5, 5.41) is 5.29. The number of ether oxygens (including phenoxy) is 1. The lowest BCUT2D eigenvalue weighted by Gasteiger charge is -2.39. The van der Waals surface area contributed by atoms with Crippen molar-refractivity contribution in [2.75, 3.05) is 0 Å². The molecular formula is C49H28OS2. The van der Waals surface area contributed by atoms with E-state index in [4.69, 9.17) is 4.74 Å². The van der Waals surface area contributed by atoms with Gasteiger partial charge in [-0.15, -0.1) is 22.7 Å². The topological polar surface area (TPSA) is 9.23 Å². The van der Waals surface area contributed by atoms with Crippen LogP contribution in [0.2, 0.25) is 0 Å². The maximum atomic E-state index is 6.80. The number of thiophene rings is 2. The van der Waals surface area contributed by atoms with Gasteiger partial charge in [-0.2, -0.15) is 0 Å². The van der Waals surface area contributed by atoms with Crippen LogP contribution in [-0.4, -0.2) is 0 Å². The first-order chi connectivity index (χ1) is 25.8. The van der Waals surface area contributed by atoms with E-state index in [0.717, 1.165) is 17.1 Å². The molecule has 0 N–H and O–H groups in total. The van der Waals surface area contributed by atoms with E-state index in [9.17, 15) is 0 Å². The van der Waals surface area contributed by atoms with Gasteiger partial charge in [-0.25, -0.2) is 0 Å². The Bertz CT molecular complexity index is 3080. The number of benzene rings is 8. The second kappa shape index (κ2) is 10.5. The molecule has 1 nitrogen and oxygen atoms in total. The second-order valence-corrected chi connectivity index (χ2v) is 16.1. The fourth-order valence-corrected chi connectivity index (χ4v) is 11.6. The fourth-order valence-electron chi connectivity index (χ4n) is 9.14. The van der Waals surface area contributed by atoms with E-state index < -0.39 is 5.41 Å². The highest BCUT2D eigenvalue weighted by atomic mass is 32.1. The number of hydrogen-bond acceptors (Lipinski definition) is 3. The molecule has 3 heterocycles. The van der Waals surface area contributed by atoms with Gasteiger partial charge in [0.05, 0.1) is 5.41 Å². The molecule has 242 valence electrons. The van der Waals surface area contributed by atoms with Crippen molar-refractivity contribution < 1.29 is 4.74 Å². The summed E-state index contributed by atoms with van der Waals surface area (Å²) in [5.74, 6) is 1.83. The highest BCUT2D eigenvalue weighted by molar-refractivity contribution is 7.26. The van der Waals surface area contributed by atoms with Gasteiger partial charge in [0.15, 0.2) is 0 Å². The van der Waals surface area contributed by atoms with Gasteiger partial charge in [0, 0.05) is 51.5 Å². The average molecular weight is 697 g/mol. The summed E-state index contributed by atoms with van der Waals surface area (Å²) in [7, 11) is 0. The van der Waals surface area contributed by atoms with E-state index in [1.165, 1.54) is 90.4 Å². The van der Waals surface area contributed by atoms with Crippen LogP contribution >= 0.6 is 22.7 Å². The van der Waals surface area contributed by atoms with Crippen molar-refractivity contribution in [3.63, 3.8) is 0 Å². The smallest absolute Gasteiger partial charge is 0.132 e. The zero-order chi connectivity index (χ0) is 34.0. The predicted octanol–water partition coefficient (Wildman–Crippen LogP) is 14.2. The molecule has 2 aliphatic rings. The highest BCUT2D eigenvalue weighted by Crippen LogP contribution is 2.62. The Kier molecular flexibility index (Phi) is 5.80. The minimum absolute atomic E-state index is 0.441. The van der Waals surface area contributed by atoms with Crippen molar-refractivity contribution in [3.05, 3.63) is 192 Å². The van der Waals surface area contributed by atoms with Gasteiger partial charge in [-0.05, 0) is 74.8 Å². The van der Waals surface area contributed by atoms with Crippen LogP contribution in [0.4, 0.5) is 0 Å². The van der Waals surface area contributed by atoms with E-state index in [-0.39, 0.29) is 0 Å². The molecule has 0 bridgehead atoms. The summed E-state index contributed by atoms with van der Waals surface area (Å²) in [4.78, 5) is 0. The van der Waals surface area contributed by atoms with Crippen LogP contribution in [0.5, 0.6) is 11.5 Å². The number of fused-ring (bicyclic) bond motifs is 15. The van der Waals surface area contributed by atoms with Crippen molar-refractivity contribution in [2.24, 2.45) is 0 Å². The lowest BCUT2D eigenvalue weighted by atomic mass is 9.66. The van der Waals surface area contributed by atoms with E-state index in [2.05, 4.69) is 170 Å². The van der Waals surface area contributed by atoms with Crippen LogP contribution in [0, 0.1) is 0 Å². The average Bonchev–Trinajstić information content (AvgIpc) is 3.86. The van der Waals surface area contributed by atoms with Crippen LogP contribution < -0.4 is 4.74 Å². The molecule has 2 aromatic heterocycles. The van der Waals surface area contributed by atoms with Crippen LogP contribution in [-0.2, 0) is 5.41 Å². The van der Waals surface area contributed by atoms with Gasteiger partial charge in [0.2, 0.25) is 0 Å². The molecule has 0 amide bonds. The lowest BCUT2D eigenvalue weighted by Crippen LogP contribution is -2.32. The first-order valence-electron chi connectivity index (χ1n) is 17.7. The van der Waals surface area contributed by atoms with E-state index in [1.807, 2.05) is 22.7 Å². The van der Waals surface area contributed by atoms with E-state index >= 15 is 0 Å². The van der Waals surface area contributed by atoms with Gasteiger partial charge in [-0.3, -0.25) is 0 Å². The summed E-state index contributed by atoms with van der Waals surface area (Å²) >= 11 is 3.77. The molecule has 0 saturated heterocycles. The zero-order valence-electron chi connectivity index (χ0n) is 27.9. The molecule has 0 saturated carbocycles. The van der Waals surface area contributed by atoms with Gasteiger partial charge in [0.1, 0.15) is 11.5 Å². The summed E-state index contributed by atoms with van der Waals surface area (Å²) in [5.41, 5.74) is 12.1. The zero-order valence-corrected chi connectivity index (χ0v) is 29.5. The number of rotatable bonds is 2. The Morgan fingerprint density at radius 1 is 0.346 bits per heavy atom. The van der Waals surface area contributed by atoms with Crippen LogP contribution in [0.1, 0.15) is 22.3 Å². The van der Waals surface area contributed by atoms with Crippen molar-refractivity contribution in [3.8, 4) is 44.9 Å². The van der Waals surface area contributed by atoms with Gasteiger partial charge >= 0.3 is 0 Å². The number of hydrogen-bond donors (Lipinski definition) is 0. The normalized spacial score (nSPS) is 13.7. The van der Waals surface area contributed by atoms with Crippen molar-refractivity contribution >= 4 is 63.0 Å². The SMILES string of the molecule is c1ccc2c(c1)Oc1cc(-c3ccc4c(c3)sc3cc(-c5cccc6c5sc5ccccc56)ccc34)ccc1C21c2ccccc2-c2ccccc21. The molecule has 12 rings (SSSR count). The molecule has 1 aliphatic carbocycles. The van der Waals surface area contributed by atoms with E-state index in [1.54, 1.807) is 0 Å². The van der Waals surface area contributed by atoms with Crippen LogP contribution in [0.3, 0.4) is 0 Å². The molecule has 0 unspecified atom stereocenters. The fraction of sp³-hybridized carbons (Fsp3) is 0.0204. The number of para-hydroxylation sites is 1. The molecule has 1 spiro atoms. The van der Waals surface area contributed by atoms with Crippen molar-refractivity contribution in [1.29, 1.82) is 0 Å². The predicted molar refractivity (Wildman–Crippen MR) is 220 cm³/mol. The molecule has 0 fully saturated rings. The summed E-state index contributed by atoms with van der Waals surface area (Å²) < 4.78 is 12.1. The quantitative estimate of drug-likeness (QED) is 0.175. The Balaban J connectivity index is 0.991. The van der Waals surface area contributed by atoms with Crippen molar-refractivity contribution in [1.82, 2.24) is 0 Å². The van der Waals surface area contributed by atoms with Gasteiger partial charge < -0.3 is 4.74 Å². The molecule has 52 heavy (non-hydrogen) atoms. The first-order valence-corrected chi connectivity index (χ1v) is 19.4. The minimum atomic E-state index is -0.441. The third kappa shape index (κ3) is 3.76. The largest absolute Gasteiger partial charge is 0.457 e. The second-order valence-electron chi connectivity index (χ2n) is 14.0. The van der Waals surface area contributed by atoms with Crippen LogP contribution in [0.15, 0.2) is 170 Å². The first kappa shape index (κ1) is 28.7. The molecule has 0 atom stereocenters. The van der Waals surface area contributed by atoms with Crippen molar-refractivity contribution in [2.45, 2.75) is 5.41 Å². The maximum absolute atomic E-state index is 6.80. The Morgan fingerprint density at radius 2 is 0.904 bits per heavy atom. The highest BCUT2D eigenvalue weighted by Gasteiger charge is 2.50. The third-order valence-electron chi connectivity index (χ3n) is 11.4. The Morgan fingerprint density at radius 3 is 1.71 bits per heavy atom. The molecule has 0 radical (unpaired) electrons. The monoisotopic (exact) mass is 696 g/mol. The third-order valence-corrected chi connectivity index (χ3v) is 13.7. The summed E-state index contributed by atoms with van der Waals surface area (Å²) in [6, 6.07) is 62.7. The molecule has 8 aromatic carbocycles. The molecule has 3 heteroatoms. The molecule has 10 aromatic rings. The van der Waals surface area contributed by atoms with Gasteiger partial charge in [0.25, 0.3) is 0 Å². The van der Waals surface area contributed by atoms with Crippen LogP contribution in [0.25, 0.3) is 73.7 Å². The summed E-state index contributed by atoms with van der Waals surface area (Å²) in [6.07, 6.45) is 0. The van der Waals surface area contributed by atoms with E-state index in [0.29, 0.717) is 0 Å².